The zero-order valence-corrected chi connectivity index (χ0v) is 10.2. The van der Waals surface area contributed by atoms with Crippen molar-refractivity contribution in [3.05, 3.63) is 36.5 Å². The lowest BCUT2D eigenvalue weighted by Gasteiger charge is -2.07. The van der Waals surface area contributed by atoms with Crippen LogP contribution in [0.2, 0.25) is 0 Å². The molecule has 4 heteroatoms. The van der Waals surface area contributed by atoms with Gasteiger partial charge in [-0.2, -0.15) is 0 Å². The van der Waals surface area contributed by atoms with Gasteiger partial charge in [-0.3, -0.25) is 9.78 Å². The molecule has 0 bridgehead atoms. The molecule has 1 N–H and O–H groups in total. The van der Waals surface area contributed by atoms with Crippen LogP contribution in [0, 0.1) is 0 Å². The molecule has 0 atom stereocenters. The highest BCUT2D eigenvalue weighted by Crippen LogP contribution is 2.21. The lowest BCUT2D eigenvalue weighted by atomic mass is 10.2. The highest BCUT2D eigenvalue weighted by atomic mass is 79.9. The number of alkyl halides is 1. The first kappa shape index (κ1) is 11.1. The third kappa shape index (κ3) is 2.39. The molecule has 0 radical (unpaired) electrons. The molecule has 0 aliphatic heterocycles. The summed E-state index contributed by atoms with van der Waals surface area (Å²) in [6, 6.07) is 9.51. The van der Waals surface area contributed by atoms with Crippen molar-refractivity contribution in [3.8, 4) is 0 Å². The number of nitrogens with zero attached hydrogens (tertiary/aromatic N) is 1. The highest BCUT2D eigenvalue weighted by Gasteiger charge is 2.04. The van der Waals surface area contributed by atoms with Crippen molar-refractivity contribution in [2.45, 2.75) is 6.42 Å². The number of aromatic nitrogens is 1. The van der Waals surface area contributed by atoms with E-state index in [9.17, 15) is 4.79 Å². The largest absolute Gasteiger partial charge is 0.325 e. The summed E-state index contributed by atoms with van der Waals surface area (Å²) < 4.78 is 0. The maximum Gasteiger partial charge on any atom is 0.225 e. The van der Waals surface area contributed by atoms with Gasteiger partial charge in [0.2, 0.25) is 5.91 Å². The number of hydrogen-bond acceptors (Lipinski definition) is 2. The minimum Gasteiger partial charge on any atom is -0.325 e. The Morgan fingerprint density at radius 3 is 3.00 bits per heavy atom. The topological polar surface area (TPSA) is 42.0 Å². The average molecular weight is 279 g/mol. The van der Waals surface area contributed by atoms with E-state index in [4.69, 9.17) is 0 Å². The molecule has 2 aromatic rings. The fourth-order valence-electron chi connectivity index (χ4n) is 1.51. The van der Waals surface area contributed by atoms with Crippen molar-refractivity contribution in [1.29, 1.82) is 0 Å². The van der Waals surface area contributed by atoms with Crippen LogP contribution >= 0.6 is 15.9 Å². The number of nitrogens with one attached hydrogen (secondary N) is 1. The lowest BCUT2D eigenvalue weighted by molar-refractivity contribution is -0.115. The van der Waals surface area contributed by atoms with Gasteiger partial charge >= 0.3 is 0 Å². The van der Waals surface area contributed by atoms with Gasteiger partial charge < -0.3 is 5.32 Å². The van der Waals surface area contributed by atoms with Crippen LogP contribution in [0.25, 0.3) is 10.9 Å². The molecule has 0 saturated heterocycles. The van der Waals surface area contributed by atoms with E-state index in [1.807, 2.05) is 30.3 Å². The van der Waals surface area contributed by atoms with Gasteiger partial charge in [0.25, 0.3) is 0 Å². The predicted octanol–water partition coefficient (Wildman–Crippen LogP) is 2.96. The number of halogens is 1. The smallest absolute Gasteiger partial charge is 0.225 e. The Labute approximate surface area is 102 Å². The summed E-state index contributed by atoms with van der Waals surface area (Å²) in [4.78, 5) is 15.7. The molecule has 1 heterocycles. The third-order valence-corrected chi connectivity index (χ3v) is 2.64. The van der Waals surface area contributed by atoms with Crippen molar-refractivity contribution in [2.75, 3.05) is 10.6 Å². The van der Waals surface area contributed by atoms with Crippen molar-refractivity contribution < 1.29 is 4.79 Å². The van der Waals surface area contributed by atoms with E-state index in [0.29, 0.717) is 11.8 Å². The first-order chi connectivity index (χ1) is 7.81. The number of carbonyl (C=O) groups excluding carboxylic acids is 1. The van der Waals surface area contributed by atoms with Crippen LogP contribution < -0.4 is 5.32 Å². The maximum atomic E-state index is 11.5. The van der Waals surface area contributed by atoms with Gasteiger partial charge in [0.05, 0.1) is 11.2 Å². The van der Waals surface area contributed by atoms with E-state index in [2.05, 4.69) is 26.2 Å². The summed E-state index contributed by atoms with van der Waals surface area (Å²) in [5.74, 6) is 0.00762. The monoisotopic (exact) mass is 278 g/mol. The molecule has 0 fully saturated rings. The van der Waals surface area contributed by atoms with Gasteiger partial charge in [-0.1, -0.05) is 22.0 Å². The normalized spacial score (nSPS) is 10.3. The fraction of sp³-hybridized carbons (Fsp3) is 0.167. The van der Waals surface area contributed by atoms with Crippen LogP contribution in [0.15, 0.2) is 36.5 Å². The number of anilines is 1. The van der Waals surface area contributed by atoms with Crippen LogP contribution in [0.5, 0.6) is 0 Å². The van der Waals surface area contributed by atoms with Crippen molar-refractivity contribution in [2.24, 2.45) is 0 Å². The molecule has 0 aliphatic carbocycles. The first-order valence-electron chi connectivity index (χ1n) is 5.01. The molecule has 16 heavy (non-hydrogen) atoms. The number of benzene rings is 1. The van der Waals surface area contributed by atoms with E-state index in [0.717, 1.165) is 16.6 Å². The molecule has 0 unspecified atom stereocenters. The predicted molar refractivity (Wildman–Crippen MR) is 68.8 cm³/mol. The second-order valence-corrected chi connectivity index (χ2v) is 4.16. The van der Waals surface area contributed by atoms with Crippen LogP contribution in [0.4, 0.5) is 5.69 Å². The Morgan fingerprint density at radius 2 is 2.19 bits per heavy atom. The molecular formula is C12H11BrN2O. The van der Waals surface area contributed by atoms with E-state index in [1.165, 1.54) is 0 Å². The standard InChI is InChI=1S/C12H11BrN2O/c13-7-6-12(16)15-11-5-1-4-10-9(11)3-2-8-14-10/h1-5,8H,6-7H2,(H,15,16). The van der Waals surface area contributed by atoms with E-state index in [1.54, 1.807) is 6.20 Å². The number of pyridine rings is 1. The van der Waals surface area contributed by atoms with Gasteiger partial charge in [0.15, 0.2) is 0 Å². The Hall–Kier alpha value is -1.42. The molecule has 1 amide bonds. The number of rotatable bonds is 3. The molecule has 0 aliphatic rings. The molecule has 0 saturated carbocycles. The summed E-state index contributed by atoms with van der Waals surface area (Å²) in [6.45, 7) is 0. The van der Waals surface area contributed by atoms with Crippen molar-refractivity contribution in [1.82, 2.24) is 4.98 Å². The number of carbonyl (C=O) groups is 1. The van der Waals surface area contributed by atoms with Crippen LogP contribution in [0.3, 0.4) is 0 Å². The van der Waals surface area contributed by atoms with E-state index >= 15 is 0 Å². The molecule has 1 aromatic carbocycles. The lowest BCUT2D eigenvalue weighted by Crippen LogP contribution is -2.11. The second-order valence-electron chi connectivity index (χ2n) is 3.36. The Kier molecular flexibility index (Phi) is 3.51. The Morgan fingerprint density at radius 1 is 1.31 bits per heavy atom. The van der Waals surface area contributed by atoms with Gasteiger partial charge in [-0.15, -0.1) is 0 Å². The van der Waals surface area contributed by atoms with E-state index in [-0.39, 0.29) is 5.91 Å². The average Bonchev–Trinajstić information content (AvgIpc) is 2.30. The SMILES string of the molecule is O=C(CCBr)Nc1cccc2ncccc12. The van der Waals surface area contributed by atoms with Crippen LogP contribution in [-0.4, -0.2) is 16.2 Å². The van der Waals surface area contributed by atoms with Gasteiger partial charge in [-0.25, -0.2) is 0 Å². The molecule has 82 valence electrons. The Balaban J connectivity index is 2.33. The highest BCUT2D eigenvalue weighted by molar-refractivity contribution is 9.09. The van der Waals surface area contributed by atoms with Crippen molar-refractivity contribution >= 4 is 38.4 Å². The Bertz CT molecular complexity index is 508. The van der Waals surface area contributed by atoms with Gasteiger partial charge in [-0.05, 0) is 24.3 Å². The number of amides is 1. The fourth-order valence-corrected chi connectivity index (χ4v) is 1.87. The molecule has 3 nitrogen and oxygen atoms in total. The zero-order valence-electron chi connectivity index (χ0n) is 8.61. The van der Waals surface area contributed by atoms with E-state index < -0.39 is 0 Å². The summed E-state index contributed by atoms with van der Waals surface area (Å²) >= 11 is 3.24. The number of fused-ring (bicyclic) bond motifs is 1. The van der Waals surface area contributed by atoms with Gasteiger partial charge in [0, 0.05) is 23.3 Å². The summed E-state index contributed by atoms with van der Waals surface area (Å²) in [6.07, 6.45) is 2.21. The third-order valence-electron chi connectivity index (χ3n) is 2.24. The number of hydrogen-bond donors (Lipinski definition) is 1. The molecule has 2 rings (SSSR count). The molecule has 1 aromatic heterocycles. The summed E-state index contributed by atoms with van der Waals surface area (Å²) in [7, 11) is 0. The maximum absolute atomic E-state index is 11.5. The van der Waals surface area contributed by atoms with Crippen LogP contribution in [0.1, 0.15) is 6.42 Å². The van der Waals surface area contributed by atoms with Crippen molar-refractivity contribution in [3.63, 3.8) is 0 Å². The zero-order chi connectivity index (χ0) is 11.4. The van der Waals surface area contributed by atoms with Gasteiger partial charge in [0.1, 0.15) is 0 Å². The molecule has 0 spiro atoms. The first-order valence-corrected chi connectivity index (χ1v) is 6.13. The second kappa shape index (κ2) is 5.07. The molecular weight excluding hydrogens is 268 g/mol. The summed E-state index contributed by atoms with van der Waals surface area (Å²) in [5.41, 5.74) is 1.70. The minimum atomic E-state index is 0.00762. The summed E-state index contributed by atoms with van der Waals surface area (Å²) in [5, 5.41) is 4.51. The van der Waals surface area contributed by atoms with Crippen LogP contribution in [-0.2, 0) is 4.79 Å². The minimum absolute atomic E-state index is 0.00762. The quantitative estimate of drug-likeness (QED) is 0.878.